The van der Waals surface area contributed by atoms with E-state index in [1.807, 2.05) is 47.4 Å². The van der Waals surface area contributed by atoms with Crippen LogP contribution in [0.4, 0.5) is 0 Å². The summed E-state index contributed by atoms with van der Waals surface area (Å²) in [5.74, 6) is 0.798. The molecule has 0 saturated carbocycles. The fourth-order valence-corrected chi connectivity index (χ4v) is 2.48. The van der Waals surface area contributed by atoms with Crippen LogP contribution in [0.5, 0.6) is 5.75 Å². The molecule has 3 aromatic rings. The second-order valence-electron chi connectivity index (χ2n) is 5.48. The van der Waals surface area contributed by atoms with Gasteiger partial charge in [0.2, 0.25) is 0 Å². The summed E-state index contributed by atoms with van der Waals surface area (Å²) in [6, 6.07) is 9.88. The average Bonchev–Trinajstić information content (AvgIpc) is 3.26. The predicted molar refractivity (Wildman–Crippen MR) is 86.5 cm³/mol. The van der Waals surface area contributed by atoms with Crippen LogP contribution in [-0.2, 0) is 6.54 Å². The number of para-hydroxylation sites is 2. The van der Waals surface area contributed by atoms with Gasteiger partial charge in [0.1, 0.15) is 23.4 Å². The highest BCUT2D eigenvalue weighted by Crippen LogP contribution is 2.23. The molecule has 0 fully saturated rings. The Morgan fingerprint density at radius 1 is 1.30 bits per heavy atom. The number of hydrogen-bond donors (Lipinski definition) is 0. The molecule has 2 aromatic heterocycles. The second kappa shape index (κ2) is 6.66. The summed E-state index contributed by atoms with van der Waals surface area (Å²) in [7, 11) is 3.72. The first-order valence-corrected chi connectivity index (χ1v) is 7.46. The van der Waals surface area contributed by atoms with E-state index in [4.69, 9.17) is 9.26 Å². The van der Waals surface area contributed by atoms with Crippen molar-refractivity contribution in [2.45, 2.75) is 19.5 Å². The van der Waals surface area contributed by atoms with Crippen LogP contribution in [0, 0.1) is 0 Å². The smallest absolute Gasteiger partial charge is 0.144 e. The van der Waals surface area contributed by atoms with Crippen molar-refractivity contribution in [1.29, 1.82) is 0 Å². The van der Waals surface area contributed by atoms with Gasteiger partial charge in [0.15, 0.2) is 0 Å². The quantitative estimate of drug-likeness (QED) is 0.700. The normalized spacial score (nSPS) is 12.5. The van der Waals surface area contributed by atoms with E-state index >= 15 is 0 Å². The summed E-state index contributed by atoms with van der Waals surface area (Å²) < 4.78 is 12.1. The zero-order chi connectivity index (χ0) is 16.2. The molecule has 0 N–H and O–H groups in total. The molecule has 2 heterocycles. The number of benzene rings is 1. The molecule has 120 valence electrons. The summed E-state index contributed by atoms with van der Waals surface area (Å²) in [4.78, 5) is 2.20. The first kappa shape index (κ1) is 15.3. The number of aromatic nitrogens is 3. The van der Waals surface area contributed by atoms with Crippen molar-refractivity contribution in [2.24, 2.45) is 0 Å². The van der Waals surface area contributed by atoms with E-state index in [-0.39, 0.29) is 6.04 Å². The van der Waals surface area contributed by atoms with E-state index in [1.165, 1.54) is 0 Å². The molecule has 1 aromatic carbocycles. The molecule has 0 radical (unpaired) electrons. The van der Waals surface area contributed by atoms with Crippen molar-refractivity contribution in [3.63, 3.8) is 0 Å². The van der Waals surface area contributed by atoms with Gasteiger partial charge in [-0.05, 0) is 26.1 Å². The van der Waals surface area contributed by atoms with Gasteiger partial charge in [0, 0.05) is 24.4 Å². The number of rotatable bonds is 6. The Balaban J connectivity index is 1.74. The van der Waals surface area contributed by atoms with E-state index < -0.39 is 0 Å². The molecule has 0 spiro atoms. The molecule has 6 nitrogen and oxygen atoms in total. The third-order valence-corrected chi connectivity index (χ3v) is 3.95. The largest absolute Gasteiger partial charge is 0.494 e. The summed E-state index contributed by atoms with van der Waals surface area (Å²) in [5, 5.41) is 8.45. The molecule has 0 bridgehead atoms. The topological polar surface area (TPSA) is 56.3 Å². The van der Waals surface area contributed by atoms with Crippen LogP contribution in [0.3, 0.4) is 0 Å². The molecule has 0 aliphatic heterocycles. The van der Waals surface area contributed by atoms with E-state index in [1.54, 1.807) is 13.4 Å². The number of methoxy groups -OCH3 is 1. The van der Waals surface area contributed by atoms with Crippen molar-refractivity contribution in [3.05, 3.63) is 60.2 Å². The third-order valence-electron chi connectivity index (χ3n) is 3.95. The minimum absolute atomic E-state index is 0.170. The maximum atomic E-state index is 5.39. The van der Waals surface area contributed by atoms with Crippen LogP contribution in [-0.4, -0.2) is 34.0 Å². The SMILES string of the molecule is COc1ccccc1-n1cc(CN(C)C(C)c2ccon2)cn1. The van der Waals surface area contributed by atoms with Crippen LogP contribution in [0.1, 0.15) is 24.2 Å². The molecule has 0 amide bonds. The lowest BCUT2D eigenvalue weighted by Gasteiger charge is -2.21. The number of hydrogen-bond acceptors (Lipinski definition) is 5. The molecule has 0 aliphatic rings. The minimum Gasteiger partial charge on any atom is -0.494 e. The second-order valence-corrected chi connectivity index (χ2v) is 5.48. The van der Waals surface area contributed by atoms with E-state index in [9.17, 15) is 0 Å². The highest BCUT2D eigenvalue weighted by Gasteiger charge is 2.15. The fraction of sp³-hybridized carbons (Fsp3) is 0.294. The lowest BCUT2D eigenvalue weighted by Crippen LogP contribution is -2.21. The number of ether oxygens (including phenoxy) is 1. The van der Waals surface area contributed by atoms with E-state index in [2.05, 4.69) is 29.1 Å². The Labute approximate surface area is 135 Å². The highest BCUT2D eigenvalue weighted by atomic mass is 16.5. The lowest BCUT2D eigenvalue weighted by molar-refractivity contribution is 0.241. The molecule has 1 atom stereocenters. The molecule has 6 heteroatoms. The molecule has 1 unspecified atom stereocenters. The van der Waals surface area contributed by atoms with Crippen molar-refractivity contribution in [2.75, 3.05) is 14.2 Å². The summed E-state index contributed by atoms with van der Waals surface area (Å²) in [6.07, 6.45) is 5.49. The Morgan fingerprint density at radius 3 is 2.87 bits per heavy atom. The van der Waals surface area contributed by atoms with Crippen LogP contribution in [0.25, 0.3) is 5.69 Å². The van der Waals surface area contributed by atoms with Gasteiger partial charge in [-0.25, -0.2) is 4.68 Å². The lowest BCUT2D eigenvalue weighted by atomic mass is 10.2. The van der Waals surface area contributed by atoms with Crippen molar-refractivity contribution < 1.29 is 9.26 Å². The average molecular weight is 312 g/mol. The fourth-order valence-electron chi connectivity index (χ4n) is 2.48. The van der Waals surface area contributed by atoms with Gasteiger partial charge < -0.3 is 9.26 Å². The summed E-state index contributed by atoms with van der Waals surface area (Å²) in [6.45, 7) is 2.87. The zero-order valence-corrected chi connectivity index (χ0v) is 13.5. The predicted octanol–water partition coefficient (Wildman–Crippen LogP) is 3.06. The van der Waals surface area contributed by atoms with Gasteiger partial charge in [-0.1, -0.05) is 17.3 Å². The maximum Gasteiger partial charge on any atom is 0.144 e. The monoisotopic (exact) mass is 312 g/mol. The molecule has 0 aliphatic carbocycles. The first-order valence-electron chi connectivity index (χ1n) is 7.46. The maximum absolute atomic E-state index is 5.39. The van der Waals surface area contributed by atoms with E-state index in [0.29, 0.717) is 0 Å². The van der Waals surface area contributed by atoms with Crippen LogP contribution in [0.15, 0.2) is 53.5 Å². The van der Waals surface area contributed by atoms with Crippen molar-refractivity contribution in [1.82, 2.24) is 19.8 Å². The third kappa shape index (κ3) is 3.27. The van der Waals surface area contributed by atoms with Gasteiger partial charge in [0.25, 0.3) is 0 Å². The molecular weight excluding hydrogens is 292 g/mol. The van der Waals surface area contributed by atoms with Crippen LogP contribution in [0.2, 0.25) is 0 Å². The Bertz CT molecular complexity index is 752. The van der Waals surface area contributed by atoms with Gasteiger partial charge in [-0.15, -0.1) is 0 Å². The Morgan fingerprint density at radius 2 is 2.13 bits per heavy atom. The zero-order valence-electron chi connectivity index (χ0n) is 13.5. The van der Waals surface area contributed by atoms with Crippen LogP contribution < -0.4 is 4.74 Å². The molecule has 3 rings (SSSR count). The molecular formula is C17H20N4O2. The summed E-state index contributed by atoms with van der Waals surface area (Å²) >= 11 is 0. The summed E-state index contributed by atoms with van der Waals surface area (Å²) in [5.41, 5.74) is 2.96. The van der Waals surface area contributed by atoms with Crippen molar-refractivity contribution >= 4 is 0 Å². The highest BCUT2D eigenvalue weighted by molar-refractivity contribution is 5.46. The Hall–Kier alpha value is -2.60. The molecule has 0 saturated heterocycles. The van der Waals surface area contributed by atoms with Gasteiger partial charge in [-0.2, -0.15) is 5.10 Å². The number of nitrogens with zero attached hydrogens (tertiary/aromatic N) is 4. The van der Waals surface area contributed by atoms with Crippen LogP contribution >= 0.6 is 0 Å². The Kier molecular flexibility index (Phi) is 4.43. The minimum atomic E-state index is 0.170. The van der Waals surface area contributed by atoms with Gasteiger partial charge in [-0.3, -0.25) is 4.90 Å². The van der Waals surface area contributed by atoms with Gasteiger partial charge >= 0.3 is 0 Å². The molecule has 23 heavy (non-hydrogen) atoms. The first-order chi connectivity index (χ1) is 11.2. The van der Waals surface area contributed by atoms with Gasteiger partial charge in [0.05, 0.1) is 19.3 Å². The standard InChI is InChI=1S/C17H20N4O2/c1-13(15-8-9-23-19-15)20(2)11-14-10-18-21(12-14)16-6-4-5-7-17(16)22-3/h4-10,12-13H,11H2,1-3H3. The van der Waals surface area contributed by atoms with E-state index in [0.717, 1.165) is 29.2 Å². The van der Waals surface area contributed by atoms with Crippen molar-refractivity contribution in [3.8, 4) is 11.4 Å².